The van der Waals surface area contributed by atoms with Crippen molar-refractivity contribution in [3.8, 4) is 5.75 Å². The van der Waals surface area contributed by atoms with Crippen molar-refractivity contribution in [1.29, 1.82) is 0 Å². The van der Waals surface area contributed by atoms with Gasteiger partial charge in [0.05, 0.1) is 21.2 Å². The maximum atomic E-state index is 12.9. The van der Waals surface area contributed by atoms with E-state index in [1.54, 1.807) is 42.5 Å². The number of benzene rings is 3. The van der Waals surface area contributed by atoms with Gasteiger partial charge in [-0.1, -0.05) is 41.9 Å². The summed E-state index contributed by atoms with van der Waals surface area (Å²) in [6, 6.07) is 18.1. The van der Waals surface area contributed by atoms with Gasteiger partial charge in [-0.3, -0.25) is 25.1 Å². The first-order chi connectivity index (χ1) is 15.8. The molecule has 3 aromatic rings. The molecule has 0 unspecified atom stereocenters. The second-order valence-corrected chi connectivity index (χ2v) is 7.23. The van der Waals surface area contributed by atoms with Gasteiger partial charge in [-0.05, 0) is 36.4 Å². The number of esters is 1. The van der Waals surface area contributed by atoms with Gasteiger partial charge in [0.1, 0.15) is 11.3 Å². The lowest BCUT2D eigenvalue weighted by Gasteiger charge is -2.14. The monoisotopic (exact) mass is 463 g/mol. The molecule has 9 nitrogen and oxygen atoms in total. The summed E-state index contributed by atoms with van der Waals surface area (Å²) in [7, 11) is 0. The van der Waals surface area contributed by atoms with Crippen molar-refractivity contribution >= 4 is 46.8 Å². The molecular weight excluding hydrogens is 450 g/mol. The van der Waals surface area contributed by atoms with Crippen LogP contribution in [0.25, 0.3) is 6.08 Å². The van der Waals surface area contributed by atoms with E-state index in [0.29, 0.717) is 5.69 Å². The Labute approximate surface area is 192 Å². The zero-order chi connectivity index (χ0) is 23.5. The predicted molar refractivity (Wildman–Crippen MR) is 120 cm³/mol. The number of para-hydroxylation sites is 1. The fraction of sp³-hybridized carbons (Fsp3) is 0. The molecular formula is C23H14ClN3O6. The molecule has 0 radical (unpaired) electrons. The molecule has 0 aliphatic carbocycles. The summed E-state index contributed by atoms with van der Waals surface area (Å²) < 4.78 is 5.39. The lowest BCUT2D eigenvalue weighted by Crippen LogP contribution is -2.35. The number of rotatable bonds is 5. The Morgan fingerprint density at radius 2 is 1.73 bits per heavy atom. The molecule has 1 aliphatic rings. The van der Waals surface area contributed by atoms with Gasteiger partial charge < -0.3 is 4.74 Å². The Balaban J connectivity index is 1.72. The van der Waals surface area contributed by atoms with Gasteiger partial charge in [-0.15, -0.1) is 0 Å². The number of nitro groups is 1. The van der Waals surface area contributed by atoms with Crippen molar-refractivity contribution in [2.45, 2.75) is 0 Å². The minimum Gasteiger partial charge on any atom is -0.422 e. The lowest BCUT2D eigenvalue weighted by atomic mass is 10.1. The topological polar surface area (TPSA) is 119 Å². The first-order valence-corrected chi connectivity index (χ1v) is 9.90. The van der Waals surface area contributed by atoms with E-state index in [1.807, 2.05) is 0 Å². The van der Waals surface area contributed by atoms with Crippen molar-refractivity contribution < 1.29 is 24.0 Å². The van der Waals surface area contributed by atoms with Crippen molar-refractivity contribution in [2.24, 2.45) is 0 Å². The molecule has 164 valence electrons. The zero-order valence-corrected chi connectivity index (χ0v) is 17.5. The van der Waals surface area contributed by atoms with Gasteiger partial charge in [-0.2, -0.15) is 0 Å². The number of carbonyl (C=O) groups excluding carboxylic acids is 3. The third-order valence-electron chi connectivity index (χ3n) is 4.71. The van der Waals surface area contributed by atoms with Crippen LogP contribution >= 0.6 is 11.6 Å². The molecule has 1 saturated heterocycles. The van der Waals surface area contributed by atoms with E-state index in [1.165, 1.54) is 18.2 Å². The third-order valence-corrected chi connectivity index (χ3v) is 5.04. The fourth-order valence-electron chi connectivity index (χ4n) is 3.11. The molecule has 0 spiro atoms. The molecule has 2 amide bonds. The number of anilines is 1. The molecule has 1 aliphatic heterocycles. The summed E-state index contributed by atoms with van der Waals surface area (Å²) in [6.07, 6.45) is 1.14. The Morgan fingerprint density at radius 1 is 1.03 bits per heavy atom. The lowest BCUT2D eigenvalue weighted by molar-refractivity contribution is -0.384. The fourth-order valence-corrected chi connectivity index (χ4v) is 3.32. The van der Waals surface area contributed by atoms with Crippen LogP contribution < -0.4 is 15.2 Å². The maximum absolute atomic E-state index is 12.9. The number of nitrogens with zero attached hydrogens (tertiary/aromatic N) is 2. The first kappa shape index (κ1) is 21.7. The van der Waals surface area contributed by atoms with Crippen molar-refractivity contribution in [3.05, 3.63) is 105 Å². The molecule has 3 aromatic carbocycles. The van der Waals surface area contributed by atoms with Gasteiger partial charge in [0.25, 0.3) is 17.5 Å². The van der Waals surface area contributed by atoms with E-state index in [9.17, 15) is 24.5 Å². The van der Waals surface area contributed by atoms with E-state index < -0.39 is 22.7 Å². The first-order valence-electron chi connectivity index (χ1n) is 9.52. The molecule has 10 heteroatoms. The van der Waals surface area contributed by atoms with Crippen LogP contribution in [0.2, 0.25) is 5.02 Å². The molecule has 0 aromatic heterocycles. The smallest absolute Gasteiger partial charge is 0.345 e. The summed E-state index contributed by atoms with van der Waals surface area (Å²) in [5, 5.41) is 12.5. The highest BCUT2D eigenvalue weighted by molar-refractivity contribution is 6.33. The largest absolute Gasteiger partial charge is 0.422 e. The Hall–Kier alpha value is -4.50. The number of hydrazine groups is 1. The molecule has 4 rings (SSSR count). The second-order valence-electron chi connectivity index (χ2n) is 6.82. The SMILES string of the molecule is O=C1NN(c2ccccc2)C(=O)C1=Cc1cc([N+](=O)[O-])ccc1OC(=O)c1ccccc1Cl. The number of hydrogen-bond donors (Lipinski definition) is 1. The molecule has 0 atom stereocenters. The minimum absolute atomic E-state index is 0.00184. The third kappa shape index (κ3) is 4.43. The van der Waals surface area contributed by atoms with Gasteiger partial charge in [-0.25, -0.2) is 9.80 Å². The number of non-ortho nitro benzene ring substituents is 1. The summed E-state index contributed by atoms with van der Waals surface area (Å²) in [4.78, 5) is 48.6. The van der Waals surface area contributed by atoms with E-state index in [0.717, 1.165) is 23.2 Å². The van der Waals surface area contributed by atoms with E-state index in [2.05, 4.69) is 5.43 Å². The number of carbonyl (C=O) groups is 3. The van der Waals surface area contributed by atoms with Crippen LogP contribution in [0.4, 0.5) is 11.4 Å². The average molecular weight is 464 g/mol. The minimum atomic E-state index is -0.804. The Morgan fingerprint density at radius 3 is 2.42 bits per heavy atom. The van der Waals surface area contributed by atoms with Crippen molar-refractivity contribution in [2.75, 3.05) is 5.01 Å². The molecule has 0 saturated carbocycles. The van der Waals surface area contributed by atoms with Crippen LogP contribution in [0.15, 0.2) is 78.4 Å². The summed E-state index contributed by atoms with van der Waals surface area (Å²) in [6.45, 7) is 0. The standard InChI is InChI=1S/C23H14ClN3O6/c24-19-9-5-4-8-17(19)23(30)33-20-11-10-16(27(31)32)12-14(20)13-18-21(28)25-26(22(18)29)15-6-2-1-3-7-15/h1-13H,(H,25,28). The Bertz CT molecular complexity index is 1320. The van der Waals surface area contributed by atoms with Crippen LogP contribution in [0.3, 0.4) is 0 Å². The number of ether oxygens (including phenoxy) is 1. The van der Waals surface area contributed by atoms with Crippen LogP contribution in [0.1, 0.15) is 15.9 Å². The van der Waals surface area contributed by atoms with Crippen molar-refractivity contribution in [3.63, 3.8) is 0 Å². The molecule has 1 fully saturated rings. The second kappa shape index (κ2) is 8.93. The number of nitrogens with one attached hydrogen (secondary N) is 1. The highest BCUT2D eigenvalue weighted by Gasteiger charge is 2.34. The quantitative estimate of drug-likeness (QED) is 0.153. The van der Waals surface area contributed by atoms with Gasteiger partial charge in [0.2, 0.25) is 0 Å². The summed E-state index contributed by atoms with van der Waals surface area (Å²) in [5.74, 6) is -2.26. The highest BCUT2D eigenvalue weighted by Crippen LogP contribution is 2.30. The highest BCUT2D eigenvalue weighted by atomic mass is 35.5. The van der Waals surface area contributed by atoms with E-state index >= 15 is 0 Å². The van der Waals surface area contributed by atoms with Gasteiger partial charge >= 0.3 is 5.97 Å². The number of amides is 2. The number of halogens is 1. The molecule has 1 heterocycles. The predicted octanol–water partition coefficient (Wildman–Crippen LogP) is 3.93. The number of nitro benzene ring substituents is 1. The van der Waals surface area contributed by atoms with Crippen molar-refractivity contribution in [1.82, 2.24) is 5.43 Å². The van der Waals surface area contributed by atoms with Crippen LogP contribution in [-0.4, -0.2) is 22.7 Å². The van der Waals surface area contributed by atoms with Gasteiger partial charge in [0.15, 0.2) is 0 Å². The molecule has 0 bridgehead atoms. The van der Waals surface area contributed by atoms with E-state index in [4.69, 9.17) is 16.3 Å². The number of hydrogen-bond acceptors (Lipinski definition) is 6. The molecule has 33 heavy (non-hydrogen) atoms. The van der Waals surface area contributed by atoms with Crippen LogP contribution in [-0.2, 0) is 9.59 Å². The average Bonchev–Trinajstić information content (AvgIpc) is 3.09. The Kier molecular flexibility index (Phi) is 5.88. The van der Waals surface area contributed by atoms with Crippen LogP contribution in [0, 0.1) is 10.1 Å². The summed E-state index contributed by atoms with van der Waals surface area (Å²) >= 11 is 6.04. The van der Waals surface area contributed by atoms with E-state index in [-0.39, 0.29) is 33.2 Å². The normalized spacial score (nSPS) is 14.3. The zero-order valence-electron chi connectivity index (χ0n) is 16.7. The summed E-state index contributed by atoms with van der Waals surface area (Å²) in [5.41, 5.74) is 2.36. The maximum Gasteiger partial charge on any atom is 0.345 e. The van der Waals surface area contributed by atoms with Gasteiger partial charge in [0, 0.05) is 17.7 Å². The van der Waals surface area contributed by atoms with Crippen LogP contribution in [0.5, 0.6) is 5.75 Å². The molecule has 1 N–H and O–H groups in total.